The van der Waals surface area contributed by atoms with E-state index < -0.39 is 0 Å². The van der Waals surface area contributed by atoms with E-state index in [9.17, 15) is 9.70 Å². The molecule has 4 heterocycles. The fourth-order valence-electron chi connectivity index (χ4n) is 5.67. The molecule has 0 N–H and O–H groups in total. The molecule has 0 spiro atoms. The number of nitroso groups, excluding NO2 is 1. The largest absolute Gasteiger partial charge is 0.320 e. The molecule has 1 amide bonds. The van der Waals surface area contributed by atoms with Crippen molar-refractivity contribution < 1.29 is 9.18 Å². The van der Waals surface area contributed by atoms with Crippen molar-refractivity contribution in [2.24, 2.45) is 5.18 Å². The van der Waals surface area contributed by atoms with Crippen molar-refractivity contribution in [2.75, 3.05) is 6.54 Å². The maximum absolute atomic E-state index is 15.5. The number of hydrogen-bond donors (Lipinski definition) is 0. The Morgan fingerprint density at radius 1 is 1.14 bits per heavy atom. The molecular formula is C27H25FN4O2S. The molecule has 0 aliphatic carbocycles. The number of carbonyl (C=O) groups excluding carboxylic acids is 1. The van der Waals surface area contributed by atoms with E-state index in [0.717, 1.165) is 35.3 Å². The number of fused-ring (bicyclic) bond motifs is 4. The molecule has 35 heavy (non-hydrogen) atoms. The lowest BCUT2D eigenvalue weighted by atomic mass is 9.90. The maximum atomic E-state index is 15.5. The van der Waals surface area contributed by atoms with E-state index in [1.807, 2.05) is 29.2 Å². The summed E-state index contributed by atoms with van der Waals surface area (Å²) in [5.74, 6) is 0.126. The zero-order chi connectivity index (χ0) is 24.3. The van der Waals surface area contributed by atoms with Crippen molar-refractivity contribution in [2.45, 2.75) is 49.0 Å². The van der Waals surface area contributed by atoms with Crippen LogP contribution in [0.1, 0.15) is 47.6 Å². The number of allylic oxidation sites excluding steroid dienone is 1. The average molecular weight is 489 g/mol. The van der Waals surface area contributed by atoms with Crippen molar-refractivity contribution in [3.05, 3.63) is 105 Å². The quantitative estimate of drug-likeness (QED) is 0.503. The number of hydrazine groups is 1. The first kappa shape index (κ1) is 22.2. The van der Waals surface area contributed by atoms with E-state index in [4.69, 9.17) is 0 Å². The third-order valence-corrected chi connectivity index (χ3v) is 8.49. The van der Waals surface area contributed by atoms with Crippen LogP contribution in [0.2, 0.25) is 0 Å². The van der Waals surface area contributed by atoms with E-state index in [-0.39, 0.29) is 35.3 Å². The van der Waals surface area contributed by atoms with Crippen LogP contribution in [-0.4, -0.2) is 33.5 Å². The number of rotatable bonds is 2. The zero-order valence-electron chi connectivity index (χ0n) is 19.4. The van der Waals surface area contributed by atoms with Crippen molar-refractivity contribution in [3.8, 4) is 0 Å². The van der Waals surface area contributed by atoms with Crippen LogP contribution in [0.15, 0.2) is 82.3 Å². The Morgan fingerprint density at radius 2 is 1.97 bits per heavy atom. The smallest absolute Gasteiger partial charge is 0.275 e. The predicted molar refractivity (Wildman–Crippen MR) is 133 cm³/mol. The van der Waals surface area contributed by atoms with Crippen LogP contribution < -0.4 is 0 Å². The Balaban J connectivity index is 1.63. The van der Waals surface area contributed by atoms with Gasteiger partial charge in [0.25, 0.3) is 5.91 Å². The van der Waals surface area contributed by atoms with Crippen molar-refractivity contribution in [1.82, 2.24) is 14.9 Å². The average Bonchev–Trinajstić information content (AvgIpc) is 3.04. The van der Waals surface area contributed by atoms with Crippen LogP contribution in [0.5, 0.6) is 0 Å². The minimum absolute atomic E-state index is 0.0538. The highest BCUT2D eigenvalue weighted by atomic mass is 32.2. The lowest BCUT2D eigenvalue weighted by molar-refractivity contribution is -0.170. The number of piperidine rings is 1. The van der Waals surface area contributed by atoms with Gasteiger partial charge in [-0.1, -0.05) is 36.9 Å². The first-order valence-corrected chi connectivity index (χ1v) is 12.8. The summed E-state index contributed by atoms with van der Waals surface area (Å²) in [7, 11) is 0. The maximum Gasteiger partial charge on any atom is 0.275 e. The molecule has 178 valence electrons. The van der Waals surface area contributed by atoms with Gasteiger partial charge in [0.05, 0.1) is 6.04 Å². The van der Waals surface area contributed by atoms with Crippen LogP contribution in [0.25, 0.3) is 0 Å². The molecule has 6 rings (SSSR count). The fourth-order valence-corrected chi connectivity index (χ4v) is 6.78. The van der Waals surface area contributed by atoms with Gasteiger partial charge >= 0.3 is 0 Å². The minimum Gasteiger partial charge on any atom is -0.320 e. The highest BCUT2D eigenvalue weighted by Gasteiger charge is 2.49. The third-order valence-electron chi connectivity index (χ3n) is 7.37. The molecular weight excluding hydrogens is 463 g/mol. The molecule has 2 saturated heterocycles. The Hall–Kier alpha value is -3.23. The van der Waals surface area contributed by atoms with Gasteiger partial charge in [-0.05, 0) is 60.2 Å². The van der Waals surface area contributed by atoms with E-state index in [0.29, 0.717) is 29.0 Å². The first-order valence-electron chi connectivity index (χ1n) is 11.8. The van der Waals surface area contributed by atoms with Gasteiger partial charge in [-0.15, -0.1) is 16.7 Å². The number of nitrogens with zero attached hydrogens (tertiary/aromatic N) is 4. The van der Waals surface area contributed by atoms with E-state index in [1.165, 1.54) is 0 Å². The topological polar surface area (TPSA) is 56.2 Å². The molecule has 2 aromatic rings. The van der Waals surface area contributed by atoms with E-state index >= 15 is 4.39 Å². The van der Waals surface area contributed by atoms with Crippen LogP contribution in [0, 0.1) is 17.6 Å². The highest BCUT2D eigenvalue weighted by Crippen LogP contribution is 2.48. The first-order chi connectivity index (χ1) is 17.0. The number of benzene rings is 2. The van der Waals surface area contributed by atoms with Crippen LogP contribution in [0.3, 0.4) is 0 Å². The number of aryl methyl sites for hydroxylation is 1. The van der Waals surface area contributed by atoms with Crippen molar-refractivity contribution in [3.63, 3.8) is 0 Å². The monoisotopic (exact) mass is 488 g/mol. The molecule has 6 nitrogen and oxygen atoms in total. The Kier molecular flexibility index (Phi) is 5.38. The van der Waals surface area contributed by atoms with Gasteiger partial charge in [0.1, 0.15) is 17.7 Å². The third kappa shape index (κ3) is 3.31. The van der Waals surface area contributed by atoms with Gasteiger partial charge in [-0.2, -0.15) is 5.01 Å². The number of thioether (sulfide) groups is 1. The molecule has 0 aromatic heterocycles. The Bertz CT molecular complexity index is 1340. The predicted octanol–water partition coefficient (Wildman–Crippen LogP) is 5.76. The number of hydrogen-bond acceptors (Lipinski definition) is 6. The SMILES string of the molecule is C=C1C=CN2C(=C1N=O)C(=O)N1CCCCC1N2C1c2ccccc2SCc2c1ccc(C)c2F. The molecule has 4 aliphatic rings. The zero-order valence-corrected chi connectivity index (χ0v) is 20.2. The molecule has 2 fully saturated rings. The normalized spacial score (nSPS) is 23.9. The highest BCUT2D eigenvalue weighted by molar-refractivity contribution is 7.98. The molecule has 0 saturated carbocycles. The molecule has 4 aliphatic heterocycles. The molecule has 8 heteroatoms. The van der Waals surface area contributed by atoms with E-state index in [2.05, 4.69) is 28.9 Å². The fraction of sp³-hybridized carbons (Fsp3) is 0.296. The second-order valence-corrected chi connectivity index (χ2v) is 10.3. The summed E-state index contributed by atoms with van der Waals surface area (Å²) in [6, 6.07) is 11.6. The second-order valence-electron chi connectivity index (χ2n) is 9.32. The molecule has 0 radical (unpaired) electrons. The van der Waals surface area contributed by atoms with Crippen molar-refractivity contribution >= 4 is 17.7 Å². The lowest BCUT2D eigenvalue weighted by Gasteiger charge is -2.55. The Labute approximate surface area is 207 Å². The second kappa shape index (κ2) is 8.46. The molecule has 0 bridgehead atoms. The lowest BCUT2D eigenvalue weighted by Crippen LogP contribution is -2.65. The summed E-state index contributed by atoms with van der Waals surface area (Å²) in [5, 5.41) is 7.14. The summed E-state index contributed by atoms with van der Waals surface area (Å²) in [6.07, 6.45) is 5.93. The number of carbonyl (C=O) groups is 1. The standard InChI is InChI=1S/C27H25FN4O2S/c1-16-10-11-18-20(23(16)28)15-35-21-8-4-3-7-19(21)25(18)32-22-9-5-6-13-30(22)27(33)26-24(29-34)17(2)12-14-31(26)32/h3-4,7-8,10-12,14,22,25H,2,5-6,9,13,15H2,1H3. The number of halogens is 1. The molecule has 2 aromatic carbocycles. The summed E-state index contributed by atoms with van der Waals surface area (Å²) in [6.45, 7) is 6.32. The summed E-state index contributed by atoms with van der Waals surface area (Å²) in [4.78, 5) is 28.5. The van der Waals surface area contributed by atoms with Gasteiger partial charge in [-0.3, -0.25) is 9.80 Å². The molecule has 2 atom stereocenters. The van der Waals surface area contributed by atoms with Crippen molar-refractivity contribution in [1.29, 1.82) is 0 Å². The van der Waals surface area contributed by atoms with Crippen LogP contribution in [-0.2, 0) is 10.5 Å². The van der Waals surface area contributed by atoms with Gasteiger partial charge in [-0.25, -0.2) is 4.39 Å². The van der Waals surface area contributed by atoms with Gasteiger partial charge in [0.15, 0.2) is 5.70 Å². The van der Waals surface area contributed by atoms with E-state index in [1.54, 1.807) is 36.0 Å². The van der Waals surface area contributed by atoms with Crippen LogP contribution >= 0.6 is 11.8 Å². The number of amides is 1. The van der Waals surface area contributed by atoms with Gasteiger partial charge < -0.3 is 4.90 Å². The van der Waals surface area contributed by atoms with Gasteiger partial charge in [0, 0.05) is 34.5 Å². The molecule has 2 unspecified atom stereocenters. The summed E-state index contributed by atoms with van der Waals surface area (Å²) >= 11 is 1.63. The van der Waals surface area contributed by atoms with Gasteiger partial charge in [0.2, 0.25) is 0 Å². The Morgan fingerprint density at radius 3 is 2.80 bits per heavy atom. The summed E-state index contributed by atoms with van der Waals surface area (Å²) < 4.78 is 15.5. The minimum atomic E-state index is -0.357. The summed E-state index contributed by atoms with van der Waals surface area (Å²) in [5.41, 5.74) is 3.91. The van der Waals surface area contributed by atoms with Crippen LogP contribution in [0.4, 0.5) is 4.39 Å².